The normalized spacial score (nSPS) is 26.4. The maximum atomic E-state index is 12.2. The van der Waals surface area contributed by atoms with Crippen molar-refractivity contribution < 1.29 is 4.79 Å². The zero-order valence-electron chi connectivity index (χ0n) is 11.8. The van der Waals surface area contributed by atoms with Gasteiger partial charge in [-0.25, -0.2) is 0 Å². The molecule has 0 radical (unpaired) electrons. The lowest BCUT2D eigenvalue weighted by molar-refractivity contribution is -0.118. The first-order chi connectivity index (χ1) is 9.70. The molecule has 3 rings (SSSR count). The topological polar surface area (TPSA) is 55.1 Å². The molecule has 3 heteroatoms. The van der Waals surface area contributed by atoms with Crippen LogP contribution in [0.3, 0.4) is 0 Å². The summed E-state index contributed by atoms with van der Waals surface area (Å²) in [5.41, 5.74) is 8.25. The lowest BCUT2D eigenvalue weighted by Gasteiger charge is -2.09. The van der Waals surface area contributed by atoms with Gasteiger partial charge in [-0.2, -0.15) is 0 Å². The molecule has 1 amide bonds. The van der Waals surface area contributed by atoms with Crippen LogP contribution in [0, 0.1) is 36.5 Å². The number of fused-ring (bicyclic) bond motifs is 1. The molecule has 2 atom stereocenters. The zero-order chi connectivity index (χ0) is 14.1. The van der Waals surface area contributed by atoms with E-state index in [0.29, 0.717) is 18.4 Å². The van der Waals surface area contributed by atoms with E-state index in [0.717, 1.165) is 16.8 Å². The first-order valence-corrected chi connectivity index (χ1v) is 7.31. The molecule has 2 unspecified atom stereocenters. The predicted octanol–water partition coefficient (Wildman–Crippen LogP) is 2.29. The minimum Gasteiger partial charge on any atom is -0.326 e. The van der Waals surface area contributed by atoms with E-state index in [1.807, 2.05) is 25.1 Å². The molecule has 0 spiro atoms. The van der Waals surface area contributed by atoms with Crippen LogP contribution in [-0.4, -0.2) is 12.5 Å². The molecule has 2 aliphatic rings. The van der Waals surface area contributed by atoms with E-state index in [4.69, 9.17) is 5.73 Å². The first-order valence-electron chi connectivity index (χ1n) is 7.31. The molecule has 2 saturated carbocycles. The van der Waals surface area contributed by atoms with E-state index in [1.165, 1.54) is 19.3 Å². The molecule has 2 aliphatic carbocycles. The first kappa shape index (κ1) is 13.2. The summed E-state index contributed by atoms with van der Waals surface area (Å²) in [7, 11) is 0. The molecule has 0 heterocycles. The fraction of sp³-hybridized carbons (Fsp3) is 0.471. The van der Waals surface area contributed by atoms with Gasteiger partial charge in [0.05, 0.1) is 6.54 Å². The van der Waals surface area contributed by atoms with Crippen LogP contribution in [0.15, 0.2) is 18.2 Å². The van der Waals surface area contributed by atoms with Gasteiger partial charge in [0.15, 0.2) is 0 Å². The number of nitrogens with two attached hydrogens (primary N) is 1. The summed E-state index contributed by atoms with van der Waals surface area (Å²) < 4.78 is 0. The third kappa shape index (κ3) is 2.44. The van der Waals surface area contributed by atoms with Gasteiger partial charge in [-0.05, 0) is 55.4 Å². The van der Waals surface area contributed by atoms with Crippen molar-refractivity contribution in [2.45, 2.75) is 26.2 Å². The number of anilines is 1. The second kappa shape index (κ2) is 5.30. The fourth-order valence-corrected chi connectivity index (χ4v) is 3.46. The molecule has 0 saturated heterocycles. The van der Waals surface area contributed by atoms with Crippen LogP contribution in [0.4, 0.5) is 5.69 Å². The highest BCUT2D eigenvalue weighted by Crippen LogP contribution is 2.57. The average molecular weight is 268 g/mol. The molecule has 3 nitrogen and oxygen atoms in total. The van der Waals surface area contributed by atoms with Crippen molar-refractivity contribution in [2.75, 3.05) is 11.9 Å². The Bertz CT molecular complexity index is 587. The van der Waals surface area contributed by atoms with Gasteiger partial charge in [-0.15, -0.1) is 0 Å². The Balaban J connectivity index is 1.67. The van der Waals surface area contributed by atoms with Crippen molar-refractivity contribution in [3.8, 4) is 11.8 Å². The minimum atomic E-state index is 0.198. The Morgan fingerprint density at radius 2 is 2.15 bits per heavy atom. The van der Waals surface area contributed by atoms with Crippen LogP contribution in [0.25, 0.3) is 0 Å². The number of aryl methyl sites for hydroxylation is 1. The van der Waals surface area contributed by atoms with Crippen molar-refractivity contribution in [3.63, 3.8) is 0 Å². The molecular weight excluding hydrogens is 248 g/mol. The Morgan fingerprint density at radius 1 is 1.40 bits per heavy atom. The lowest BCUT2D eigenvalue weighted by Crippen LogP contribution is -2.17. The molecule has 104 valence electrons. The number of carbonyl (C=O) groups excluding carboxylic acids is 1. The molecule has 1 aromatic carbocycles. The number of hydrogen-bond acceptors (Lipinski definition) is 2. The number of nitrogens with one attached hydrogen (secondary N) is 1. The van der Waals surface area contributed by atoms with Gasteiger partial charge in [0.25, 0.3) is 0 Å². The predicted molar refractivity (Wildman–Crippen MR) is 80.1 cm³/mol. The Kier molecular flexibility index (Phi) is 3.50. The standard InChI is InChI=1S/C17H20N2O/c1-11-10-12(4-3-9-18)7-8-15(11)19-17(20)16-13-5-2-6-14(13)16/h7-8,10,13-14,16H,2,5-6,9,18H2,1H3,(H,19,20). The van der Waals surface area contributed by atoms with Gasteiger partial charge in [0, 0.05) is 17.2 Å². The summed E-state index contributed by atoms with van der Waals surface area (Å²) in [6.07, 6.45) is 3.76. The van der Waals surface area contributed by atoms with Gasteiger partial charge in [-0.1, -0.05) is 18.3 Å². The fourth-order valence-electron chi connectivity index (χ4n) is 3.46. The Morgan fingerprint density at radius 3 is 2.80 bits per heavy atom. The van der Waals surface area contributed by atoms with Gasteiger partial charge in [0.1, 0.15) is 0 Å². The van der Waals surface area contributed by atoms with Crippen LogP contribution in [0.1, 0.15) is 30.4 Å². The van der Waals surface area contributed by atoms with Crippen molar-refractivity contribution in [1.29, 1.82) is 0 Å². The second-order valence-corrected chi connectivity index (χ2v) is 5.81. The number of amides is 1. The molecule has 0 aliphatic heterocycles. The van der Waals surface area contributed by atoms with E-state index >= 15 is 0 Å². The van der Waals surface area contributed by atoms with Crippen LogP contribution >= 0.6 is 0 Å². The van der Waals surface area contributed by atoms with Crippen LogP contribution < -0.4 is 11.1 Å². The summed E-state index contributed by atoms with van der Waals surface area (Å²) in [6.45, 7) is 2.36. The van der Waals surface area contributed by atoms with Crippen molar-refractivity contribution in [2.24, 2.45) is 23.5 Å². The molecule has 3 N–H and O–H groups in total. The van der Waals surface area contributed by atoms with E-state index < -0.39 is 0 Å². The maximum absolute atomic E-state index is 12.2. The quantitative estimate of drug-likeness (QED) is 0.809. The average Bonchev–Trinajstić information content (AvgIpc) is 2.93. The molecule has 2 fully saturated rings. The van der Waals surface area contributed by atoms with Gasteiger partial charge >= 0.3 is 0 Å². The van der Waals surface area contributed by atoms with Crippen LogP contribution in [0.5, 0.6) is 0 Å². The number of hydrogen-bond donors (Lipinski definition) is 2. The Labute approximate surface area is 119 Å². The largest absolute Gasteiger partial charge is 0.326 e. The van der Waals surface area contributed by atoms with Crippen molar-refractivity contribution in [3.05, 3.63) is 29.3 Å². The SMILES string of the molecule is Cc1cc(C#CCN)ccc1NC(=O)C1C2CCCC21. The summed E-state index contributed by atoms with van der Waals surface area (Å²) in [6, 6.07) is 5.86. The van der Waals surface area contributed by atoms with Crippen molar-refractivity contribution >= 4 is 11.6 Å². The third-order valence-corrected chi connectivity index (χ3v) is 4.53. The monoisotopic (exact) mass is 268 g/mol. The summed E-state index contributed by atoms with van der Waals surface area (Å²) in [5.74, 6) is 7.62. The highest BCUT2D eigenvalue weighted by molar-refractivity contribution is 5.95. The zero-order valence-corrected chi connectivity index (χ0v) is 11.8. The van der Waals surface area contributed by atoms with Crippen LogP contribution in [0.2, 0.25) is 0 Å². The third-order valence-electron chi connectivity index (χ3n) is 4.53. The second-order valence-electron chi connectivity index (χ2n) is 5.81. The molecule has 0 aromatic heterocycles. The van der Waals surface area contributed by atoms with E-state index in [2.05, 4.69) is 17.2 Å². The summed E-state index contributed by atoms with van der Waals surface area (Å²) in [5, 5.41) is 3.07. The van der Waals surface area contributed by atoms with Gasteiger partial charge < -0.3 is 11.1 Å². The van der Waals surface area contributed by atoms with Crippen molar-refractivity contribution in [1.82, 2.24) is 0 Å². The highest BCUT2D eigenvalue weighted by atomic mass is 16.2. The van der Waals surface area contributed by atoms with E-state index in [9.17, 15) is 4.79 Å². The smallest absolute Gasteiger partial charge is 0.228 e. The van der Waals surface area contributed by atoms with Gasteiger partial charge in [-0.3, -0.25) is 4.79 Å². The number of rotatable bonds is 2. The van der Waals surface area contributed by atoms with Gasteiger partial charge in [0.2, 0.25) is 5.91 Å². The number of carbonyl (C=O) groups is 1. The highest BCUT2D eigenvalue weighted by Gasteiger charge is 2.56. The summed E-state index contributed by atoms with van der Waals surface area (Å²) >= 11 is 0. The van der Waals surface area contributed by atoms with Crippen LogP contribution in [-0.2, 0) is 4.79 Å². The summed E-state index contributed by atoms with van der Waals surface area (Å²) in [4.78, 5) is 12.2. The molecular formula is C17H20N2O. The molecule has 1 aromatic rings. The minimum absolute atomic E-state index is 0.198. The molecule has 20 heavy (non-hydrogen) atoms. The molecule has 0 bridgehead atoms. The maximum Gasteiger partial charge on any atom is 0.228 e. The van der Waals surface area contributed by atoms with E-state index in [-0.39, 0.29) is 11.8 Å². The lowest BCUT2D eigenvalue weighted by atomic mass is 10.1. The van der Waals surface area contributed by atoms with E-state index in [1.54, 1.807) is 0 Å². The Hall–Kier alpha value is -1.79. The number of benzene rings is 1.